The topological polar surface area (TPSA) is 65.1 Å². The molecule has 0 heterocycles. The van der Waals surface area contributed by atoms with Gasteiger partial charge in [0.15, 0.2) is 6.61 Å². The summed E-state index contributed by atoms with van der Waals surface area (Å²) in [6, 6.07) is 7.14. The van der Waals surface area contributed by atoms with Crippen molar-refractivity contribution >= 4 is 11.9 Å². The molecule has 1 aromatic rings. The summed E-state index contributed by atoms with van der Waals surface area (Å²) in [5, 5.41) is 0. The number of rotatable bonds is 11. The van der Waals surface area contributed by atoms with Gasteiger partial charge in [-0.2, -0.15) is 0 Å². The summed E-state index contributed by atoms with van der Waals surface area (Å²) >= 11 is 0. The van der Waals surface area contributed by atoms with Crippen molar-refractivity contribution in [3.05, 3.63) is 24.3 Å². The van der Waals surface area contributed by atoms with Gasteiger partial charge in [0.2, 0.25) is 0 Å². The summed E-state index contributed by atoms with van der Waals surface area (Å²) in [5.74, 6) is 1.38. The lowest BCUT2D eigenvalue weighted by molar-refractivity contribution is -0.142. The van der Waals surface area contributed by atoms with E-state index in [4.69, 9.17) is 9.47 Å². The Hall–Kier alpha value is -2.24. The van der Waals surface area contributed by atoms with Crippen molar-refractivity contribution in [3.8, 4) is 11.5 Å². The van der Waals surface area contributed by atoms with Crippen molar-refractivity contribution in [3.63, 3.8) is 0 Å². The van der Waals surface area contributed by atoms with E-state index in [0.717, 1.165) is 12.2 Å². The fourth-order valence-corrected chi connectivity index (χ4v) is 2.14. The van der Waals surface area contributed by atoms with E-state index < -0.39 is 0 Å². The highest BCUT2D eigenvalue weighted by Gasteiger charge is 2.16. The Morgan fingerprint density at radius 1 is 1.04 bits per heavy atom. The first kappa shape index (κ1) is 20.8. The predicted octanol–water partition coefficient (Wildman–Crippen LogP) is 2.90. The molecule has 0 N–H and O–H groups in total. The highest BCUT2D eigenvalue weighted by atomic mass is 16.5. The Bertz CT molecular complexity index is 527. The molecule has 0 aliphatic carbocycles. The van der Waals surface area contributed by atoms with E-state index in [2.05, 4.69) is 18.6 Å². The zero-order valence-corrected chi connectivity index (χ0v) is 15.6. The molecule has 0 aliphatic heterocycles. The van der Waals surface area contributed by atoms with Crippen molar-refractivity contribution in [2.45, 2.75) is 33.6 Å². The van der Waals surface area contributed by atoms with Gasteiger partial charge < -0.3 is 19.1 Å². The molecule has 0 aliphatic rings. The van der Waals surface area contributed by atoms with Crippen LogP contribution in [0.25, 0.3) is 0 Å². The molecule has 0 saturated heterocycles. The van der Waals surface area contributed by atoms with Crippen molar-refractivity contribution in [2.24, 2.45) is 5.92 Å². The number of hydrogen-bond donors (Lipinski definition) is 0. The van der Waals surface area contributed by atoms with Crippen LogP contribution >= 0.6 is 0 Å². The minimum Gasteiger partial charge on any atom is -0.494 e. The summed E-state index contributed by atoms with van der Waals surface area (Å²) in [6.07, 6.45) is 1.05. The summed E-state index contributed by atoms with van der Waals surface area (Å²) in [5.41, 5.74) is 0. The highest BCUT2D eigenvalue weighted by molar-refractivity contribution is 5.78. The largest absolute Gasteiger partial charge is 0.494 e. The number of ether oxygens (including phenoxy) is 3. The summed E-state index contributed by atoms with van der Waals surface area (Å²) in [4.78, 5) is 25.4. The fraction of sp³-hybridized carbons (Fsp3) is 0.579. The molecular formula is C19H29NO5. The van der Waals surface area contributed by atoms with Gasteiger partial charge in [0.05, 0.1) is 20.1 Å². The van der Waals surface area contributed by atoms with Crippen molar-refractivity contribution < 1.29 is 23.8 Å². The van der Waals surface area contributed by atoms with E-state index >= 15 is 0 Å². The lowest BCUT2D eigenvalue weighted by atomic mass is 10.1. The zero-order chi connectivity index (χ0) is 18.7. The number of amides is 1. The fourth-order valence-electron chi connectivity index (χ4n) is 2.14. The van der Waals surface area contributed by atoms with Crippen LogP contribution in [0.4, 0.5) is 0 Å². The molecule has 0 saturated carbocycles. The van der Waals surface area contributed by atoms with Crippen LogP contribution in [0.15, 0.2) is 24.3 Å². The molecule has 0 aromatic heterocycles. The zero-order valence-electron chi connectivity index (χ0n) is 15.6. The Morgan fingerprint density at radius 2 is 1.64 bits per heavy atom. The number of carbonyl (C=O) groups is 2. The molecule has 6 heteroatoms. The van der Waals surface area contributed by atoms with Crippen LogP contribution in [0.1, 0.15) is 33.6 Å². The molecule has 0 bridgehead atoms. The number of nitrogens with zero attached hydrogens (tertiary/aromatic N) is 1. The number of hydrogen-bond acceptors (Lipinski definition) is 5. The molecule has 0 radical (unpaired) electrons. The van der Waals surface area contributed by atoms with Crippen molar-refractivity contribution in [1.29, 1.82) is 0 Å². The van der Waals surface area contributed by atoms with Crippen LogP contribution in [0, 0.1) is 5.92 Å². The molecule has 6 nitrogen and oxygen atoms in total. The molecule has 0 spiro atoms. The van der Waals surface area contributed by atoms with Gasteiger partial charge >= 0.3 is 5.97 Å². The molecule has 0 unspecified atom stereocenters. The molecular weight excluding hydrogens is 322 g/mol. The van der Waals surface area contributed by atoms with Crippen molar-refractivity contribution in [2.75, 3.05) is 33.4 Å². The van der Waals surface area contributed by atoms with Gasteiger partial charge in [-0.25, -0.2) is 0 Å². The van der Waals surface area contributed by atoms with Gasteiger partial charge in [-0.05, 0) is 43.5 Å². The van der Waals surface area contributed by atoms with E-state index in [9.17, 15) is 9.59 Å². The highest BCUT2D eigenvalue weighted by Crippen LogP contribution is 2.17. The standard InChI is InChI=1S/C19H29NO5/c1-5-24-16-6-8-17(9-7-16)25-14-18(21)20(12-10-15(2)3)13-11-19(22)23-4/h6-9,15H,5,10-14H2,1-4H3. The average molecular weight is 351 g/mol. The Labute approximate surface area is 150 Å². The Morgan fingerprint density at radius 3 is 2.16 bits per heavy atom. The van der Waals surface area contributed by atoms with Gasteiger partial charge in [0, 0.05) is 13.1 Å². The van der Waals surface area contributed by atoms with E-state index in [-0.39, 0.29) is 24.9 Å². The van der Waals surface area contributed by atoms with Gasteiger partial charge in [0.1, 0.15) is 11.5 Å². The Balaban J connectivity index is 2.55. The van der Waals surface area contributed by atoms with Crippen LogP contribution < -0.4 is 9.47 Å². The molecule has 1 aromatic carbocycles. The SMILES string of the molecule is CCOc1ccc(OCC(=O)N(CCC(=O)OC)CCC(C)C)cc1. The number of methoxy groups -OCH3 is 1. The van der Waals surface area contributed by atoms with Crippen LogP contribution in [-0.2, 0) is 14.3 Å². The maximum absolute atomic E-state index is 12.4. The lowest BCUT2D eigenvalue weighted by Gasteiger charge is -2.23. The van der Waals surface area contributed by atoms with Gasteiger partial charge in [-0.1, -0.05) is 13.8 Å². The van der Waals surface area contributed by atoms with E-state index in [1.807, 2.05) is 6.92 Å². The molecule has 0 atom stereocenters. The quantitative estimate of drug-likeness (QED) is 0.574. The third kappa shape index (κ3) is 8.42. The maximum Gasteiger partial charge on any atom is 0.307 e. The second-order valence-electron chi connectivity index (χ2n) is 6.08. The third-order valence-corrected chi connectivity index (χ3v) is 3.64. The first-order valence-electron chi connectivity index (χ1n) is 8.66. The third-order valence-electron chi connectivity index (χ3n) is 3.64. The first-order chi connectivity index (χ1) is 12.0. The predicted molar refractivity (Wildman–Crippen MR) is 95.8 cm³/mol. The number of benzene rings is 1. The van der Waals surface area contributed by atoms with Crippen molar-refractivity contribution in [1.82, 2.24) is 4.90 Å². The van der Waals surface area contributed by atoms with Gasteiger partial charge in [-0.3, -0.25) is 9.59 Å². The molecule has 140 valence electrons. The number of carbonyl (C=O) groups excluding carboxylic acids is 2. The summed E-state index contributed by atoms with van der Waals surface area (Å²) in [6.45, 7) is 7.59. The minimum absolute atomic E-state index is 0.0623. The number of esters is 1. The average Bonchev–Trinajstić information content (AvgIpc) is 2.60. The van der Waals surface area contributed by atoms with E-state index in [0.29, 0.717) is 31.4 Å². The maximum atomic E-state index is 12.4. The summed E-state index contributed by atoms with van der Waals surface area (Å²) < 4.78 is 15.6. The van der Waals surface area contributed by atoms with Gasteiger partial charge in [0.25, 0.3) is 5.91 Å². The van der Waals surface area contributed by atoms with Crippen LogP contribution in [0.5, 0.6) is 11.5 Å². The molecule has 0 fully saturated rings. The van der Waals surface area contributed by atoms with E-state index in [1.165, 1.54) is 7.11 Å². The minimum atomic E-state index is -0.324. The van der Waals surface area contributed by atoms with Crippen LogP contribution in [0.3, 0.4) is 0 Å². The van der Waals surface area contributed by atoms with Crippen LogP contribution in [-0.4, -0.2) is 50.2 Å². The van der Waals surface area contributed by atoms with Gasteiger partial charge in [-0.15, -0.1) is 0 Å². The van der Waals surface area contributed by atoms with E-state index in [1.54, 1.807) is 29.2 Å². The second kappa shape index (κ2) is 11.3. The molecule has 1 amide bonds. The monoisotopic (exact) mass is 351 g/mol. The second-order valence-corrected chi connectivity index (χ2v) is 6.08. The Kier molecular flexibility index (Phi) is 9.43. The lowest BCUT2D eigenvalue weighted by Crippen LogP contribution is -2.37. The normalized spacial score (nSPS) is 10.4. The summed E-state index contributed by atoms with van der Waals surface area (Å²) in [7, 11) is 1.34. The van der Waals surface area contributed by atoms with Crippen LogP contribution in [0.2, 0.25) is 0 Å². The smallest absolute Gasteiger partial charge is 0.307 e. The first-order valence-corrected chi connectivity index (χ1v) is 8.66. The molecule has 1 rings (SSSR count). The molecule has 25 heavy (non-hydrogen) atoms.